The van der Waals surface area contributed by atoms with Gasteiger partial charge in [-0.25, -0.2) is 0 Å². The van der Waals surface area contributed by atoms with Gasteiger partial charge in [0, 0.05) is 24.7 Å². The summed E-state index contributed by atoms with van der Waals surface area (Å²) in [6, 6.07) is 15.6. The van der Waals surface area contributed by atoms with Gasteiger partial charge in [-0.05, 0) is 29.7 Å². The van der Waals surface area contributed by atoms with Gasteiger partial charge in [0.15, 0.2) is 0 Å². The summed E-state index contributed by atoms with van der Waals surface area (Å²) < 4.78 is 10.5. The Kier molecular flexibility index (Phi) is 4.85. The Morgan fingerprint density at radius 1 is 1.00 bits per heavy atom. The van der Waals surface area contributed by atoms with E-state index in [-0.39, 0.29) is 5.91 Å². The van der Waals surface area contributed by atoms with Crippen molar-refractivity contribution in [3.05, 3.63) is 65.7 Å². The lowest BCUT2D eigenvalue weighted by atomic mass is 9.99. The second-order valence-corrected chi connectivity index (χ2v) is 5.70. The SMILES string of the molecule is COc1cc(OC)cc(C(=O)N2CC=C(c3ccccc3)CC2)c1. The number of hydrogen-bond acceptors (Lipinski definition) is 3. The first kappa shape index (κ1) is 16.1. The molecular weight excluding hydrogens is 302 g/mol. The molecule has 0 N–H and O–H groups in total. The van der Waals surface area contributed by atoms with Crippen LogP contribution in [-0.4, -0.2) is 38.1 Å². The molecule has 24 heavy (non-hydrogen) atoms. The van der Waals surface area contributed by atoms with E-state index >= 15 is 0 Å². The highest BCUT2D eigenvalue weighted by atomic mass is 16.5. The number of amides is 1. The van der Waals surface area contributed by atoms with Crippen molar-refractivity contribution in [2.24, 2.45) is 0 Å². The van der Waals surface area contributed by atoms with E-state index in [1.807, 2.05) is 23.1 Å². The molecule has 0 aliphatic carbocycles. The predicted molar refractivity (Wildman–Crippen MR) is 94.5 cm³/mol. The Hall–Kier alpha value is -2.75. The maximum Gasteiger partial charge on any atom is 0.254 e. The highest BCUT2D eigenvalue weighted by molar-refractivity contribution is 5.95. The second-order valence-electron chi connectivity index (χ2n) is 5.70. The van der Waals surface area contributed by atoms with Crippen LogP contribution in [0.1, 0.15) is 22.3 Å². The molecule has 1 aliphatic heterocycles. The molecule has 0 aromatic heterocycles. The summed E-state index contributed by atoms with van der Waals surface area (Å²) in [6.45, 7) is 1.32. The Labute approximate surface area is 142 Å². The molecule has 2 aromatic rings. The van der Waals surface area contributed by atoms with E-state index in [0.717, 1.165) is 6.42 Å². The topological polar surface area (TPSA) is 38.8 Å². The zero-order valence-electron chi connectivity index (χ0n) is 14.0. The van der Waals surface area contributed by atoms with Gasteiger partial charge >= 0.3 is 0 Å². The Morgan fingerprint density at radius 3 is 2.21 bits per heavy atom. The van der Waals surface area contributed by atoms with Crippen LogP contribution in [-0.2, 0) is 0 Å². The molecule has 0 bridgehead atoms. The summed E-state index contributed by atoms with van der Waals surface area (Å²) in [5.41, 5.74) is 3.11. The third-order valence-corrected chi connectivity index (χ3v) is 4.24. The molecule has 1 aliphatic rings. The van der Waals surface area contributed by atoms with Gasteiger partial charge in [0.2, 0.25) is 0 Å². The van der Waals surface area contributed by atoms with Gasteiger partial charge in [0.1, 0.15) is 11.5 Å². The zero-order chi connectivity index (χ0) is 16.9. The maximum absolute atomic E-state index is 12.8. The summed E-state index contributed by atoms with van der Waals surface area (Å²) >= 11 is 0. The van der Waals surface area contributed by atoms with Crippen LogP contribution in [0, 0.1) is 0 Å². The van der Waals surface area contributed by atoms with Crippen molar-refractivity contribution in [2.75, 3.05) is 27.3 Å². The number of rotatable bonds is 4. The molecule has 0 radical (unpaired) electrons. The molecule has 0 saturated carbocycles. The molecule has 124 valence electrons. The van der Waals surface area contributed by atoms with E-state index in [9.17, 15) is 4.79 Å². The fourth-order valence-electron chi connectivity index (χ4n) is 2.88. The van der Waals surface area contributed by atoms with Gasteiger partial charge in [0.05, 0.1) is 14.2 Å². The fraction of sp³-hybridized carbons (Fsp3) is 0.250. The first-order valence-corrected chi connectivity index (χ1v) is 7.98. The molecule has 0 fully saturated rings. The van der Waals surface area contributed by atoms with Crippen LogP contribution < -0.4 is 9.47 Å². The van der Waals surface area contributed by atoms with Gasteiger partial charge in [-0.3, -0.25) is 4.79 Å². The number of nitrogens with zero attached hydrogens (tertiary/aromatic N) is 1. The van der Waals surface area contributed by atoms with Crippen molar-refractivity contribution >= 4 is 11.5 Å². The molecule has 1 heterocycles. The van der Waals surface area contributed by atoms with Crippen molar-refractivity contribution in [1.82, 2.24) is 4.90 Å². The smallest absolute Gasteiger partial charge is 0.254 e. The summed E-state index contributed by atoms with van der Waals surface area (Å²) in [7, 11) is 3.16. The number of hydrogen-bond donors (Lipinski definition) is 0. The molecule has 0 atom stereocenters. The third kappa shape index (κ3) is 3.43. The van der Waals surface area contributed by atoms with Crippen LogP contribution >= 0.6 is 0 Å². The second kappa shape index (κ2) is 7.21. The number of carbonyl (C=O) groups is 1. The lowest BCUT2D eigenvalue weighted by Gasteiger charge is -2.27. The van der Waals surface area contributed by atoms with Gasteiger partial charge in [-0.2, -0.15) is 0 Å². The Balaban J connectivity index is 1.77. The minimum atomic E-state index is -0.00411. The number of benzene rings is 2. The lowest BCUT2D eigenvalue weighted by Crippen LogP contribution is -2.34. The maximum atomic E-state index is 12.8. The third-order valence-electron chi connectivity index (χ3n) is 4.24. The molecule has 3 rings (SSSR count). The molecule has 0 spiro atoms. The normalized spacial score (nSPS) is 14.1. The number of ether oxygens (including phenoxy) is 2. The van der Waals surface area contributed by atoms with Crippen molar-refractivity contribution in [1.29, 1.82) is 0 Å². The van der Waals surface area contributed by atoms with Crippen LogP contribution in [0.25, 0.3) is 5.57 Å². The van der Waals surface area contributed by atoms with Crippen molar-refractivity contribution in [3.8, 4) is 11.5 Å². The van der Waals surface area contributed by atoms with Crippen LogP contribution in [0.3, 0.4) is 0 Å². The molecule has 0 saturated heterocycles. The van der Waals surface area contributed by atoms with Gasteiger partial charge in [-0.15, -0.1) is 0 Å². The quantitative estimate of drug-likeness (QED) is 0.862. The first-order chi connectivity index (χ1) is 11.7. The molecular formula is C20H21NO3. The van der Waals surface area contributed by atoms with E-state index in [1.54, 1.807) is 32.4 Å². The molecule has 4 nitrogen and oxygen atoms in total. The largest absolute Gasteiger partial charge is 0.497 e. The number of carbonyl (C=O) groups excluding carboxylic acids is 1. The van der Waals surface area contributed by atoms with Crippen LogP contribution in [0.2, 0.25) is 0 Å². The minimum Gasteiger partial charge on any atom is -0.497 e. The van der Waals surface area contributed by atoms with Gasteiger partial charge in [-0.1, -0.05) is 36.4 Å². The standard InChI is InChI=1S/C20H21NO3/c1-23-18-12-17(13-19(14-18)24-2)20(22)21-10-8-16(9-11-21)15-6-4-3-5-7-15/h3-8,12-14H,9-11H2,1-2H3. The van der Waals surface area contributed by atoms with Crippen molar-refractivity contribution in [3.63, 3.8) is 0 Å². The highest BCUT2D eigenvalue weighted by Gasteiger charge is 2.20. The van der Waals surface area contributed by atoms with E-state index < -0.39 is 0 Å². The van der Waals surface area contributed by atoms with E-state index in [2.05, 4.69) is 18.2 Å². The van der Waals surface area contributed by atoms with E-state index in [1.165, 1.54) is 11.1 Å². The van der Waals surface area contributed by atoms with Crippen LogP contribution in [0.4, 0.5) is 0 Å². The first-order valence-electron chi connectivity index (χ1n) is 7.98. The van der Waals surface area contributed by atoms with E-state index in [0.29, 0.717) is 30.2 Å². The van der Waals surface area contributed by atoms with Crippen LogP contribution in [0.5, 0.6) is 11.5 Å². The fourth-order valence-corrected chi connectivity index (χ4v) is 2.88. The minimum absolute atomic E-state index is 0.00411. The highest BCUT2D eigenvalue weighted by Crippen LogP contribution is 2.26. The monoisotopic (exact) mass is 323 g/mol. The summed E-state index contributed by atoms with van der Waals surface area (Å²) in [4.78, 5) is 14.6. The Morgan fingerprint density at radius 2 is 1.67 bits per heavy atom. The van der Waals surface area contributed by atoms with Gasteiger partial charge in [0.25, 0.3) is 5.91 Å². The molecule has 2 aromatic carbocycles. The lowest BCUT2D eigenvalue weighted by molar-refractivity contribution is 0.0772. The van der Waals surface area contributed by atoms with Gasteiger partial charge < -0.3 is 14.4 Å². The van der Waals surface area contributed by atoms with E-state index in [4.69, 9.17) is 9.47 Å². The van der Waals surface area contributed by atoms with Crippen LogP contribution in [0.15, 0.2) is 54.6 Å². The average molecular weight is 323 g/mol. The number of methoxy groups -OCH3 is 2. The Bertz CT molecular complexity index is 730. The zero-order valence-corrected chi connectivity index (χ0v) is 14.0. The average Bonchev–Trinajstić information content (AvgIpc) is 2.67. The van der Waals surface area contributed by atoms with Crippen molar-refractivity contribution < 1.29 is 14.3 Å². The summed E-state index contributed by atoms with van der Waals surface area (Å²) in [5.74, 6) is 1.24. The molecule has 4 heteroatoms. The summed E-state index contributed by atoms with van der Waals surface area (Å²) in [5, 5.41) is 0. The molecule has 1 amide bonds. The predicted octanol–water partition coefficient (Wildman–Crippen LogP) is 3.63. The molecule has 0 unspecified atom stereocenters. The summed E-state index contributed by atoms with van der Waals surface area (Å²) in [6.07, 6.45) is 2.99. The van der Waals surface area contributed by atoms with Crippen molar-refractivity contribution in [2.45, 2.75) is 6.42 Å².